The fraction of sp³-hybridized carbons (Fsp3) is 0.467. The molecule has 1 fully saturated rings. The topological polar surface area (TPSA) is 83.8 Å². The fourth-order valence-corrected chi connectivity index (χ4v) is 4.59. The first-order chi connectivity index (χ1) is 11.1. The zero-order valence-electron chi connectivity index (χ0n) is 12.3. The van der Waals surface area contributed by atoms with Gasteiger partial charge in [0.05, 0.1) is 3.57 Å². The molecule has 0 bridgehead atoms. The predicted octanol–water partition coefficient (Wildman–Crippen LogP) is 4.04. The number of aromatic hydroxyl groups is 1. The van der Waals surface area contributed by atoms with Crippen molar-refractivity contribution in [2.75, 3.05) is 0 Å². The molecule has 5 nitrogen and oxygen atoms in total. The second kappa shape index (κ2) is 7.67. The summed E-state index contributed by atoms with van der Waals surface area (Å²) in [4.78, 5) is 23.2. The third-order valence-electron chi connectivity index (χ3n) is 3.95. The number of carbonyl (C=O) groups excluding carboxylic acids is 1. The summed E-state index contributed by atoms with van der Waals surface area (Å²) < 4.78 is 34.0. The van der Waals surface area contributed by atoms with Gasteiger partial charge in [-0.3, -0.25) is 0 Å². The zero-order chi connectivity index (χ0) is 18.1. The van der Waals surface area contributed by atoms with Crippen molar-refractivity contribution in [3.05, 3.63) is 24.8 Å². The predicted molar refractivity (Wildman–Crippen MR) is 97.3 cm³/mol. The summed E-state index contributed by atoms with van der Waals surface area (Å²) in [5.74, 6) is -8.75. The van der Waals surface area contributed by atoms with Crippen molar-refractivity contribution in [2.45, 2.75) is 37.7 Å². The van der Waals surface area contributed by atoms with Gasteiger partial charge >= 0.3 is 17.9 Å². The van der Waals surface area contributed by atoms with E-state index in [1.807, 2.05) is 22.6 Å². The first kappa shape index (κ1) is 19.6. The van der Waals surface area contributed by atoms with E-state index in [0.29, 0.717) is 32.8 Å². The van der Waals surface area contributed by atoms with Crippen LogP contribution in [0.1, 0.15) is 36.0 Å². The number of benzene rings is 1. The summed E-state index contributed by atoms with van der Waals surface area (Å²) in [6.07, 6.45) is 0.0504. The van der Waals surface area contributed by atoms with Crippen LogP contribution in [0.2, 0.25) is 0 Å². The molecule has 1 atom stereocenters. The van der Waals surface area contributed by atoms with Crippen LogP contribution in [-0.2, 0) is 9.53 Å². The maximum absolute atomic E-state index is 14.1. The molecule has 0 heterocycles. The lowest BCUT2D eigenvalue weighted by atomic mass is 9.95. The molecule has 0 saturated heterocycles. The van der Waals surface area contributed by atoms with Gasteiger partial charge in [-0.15, -0.1) is 0 Å². The van der Waals surface area contributed by atoms with E-state index < -0.39 is 29.9 Å². The number of phenols is 1. The first-order valence-electron chi connectivity index (χ1n) is 7.14. The molecule has 1 saturated carbocycles. The Hall–Kier alpha value is -0.720. The van der Waals surface area contributed by atoms with E-state index in [9.17, 15) is 23.5 Å². The van der Waals surface area contributed by atoms with Gasteiger partial charge in [-0.05, 0) is 70.2 Å². The van der Waals surface area contributed by atoms with Crippen molar-refractivity contribution in [3.63, 3.8) is 0 Å². The normalized spacial score (nSPS) is 16.8. The Morgan fingerprint density at radius 1 is 1.25 bits per heavy atom. The SMILES string of the molecule is O=C(OC(C1CCCC1)C(F)(F)C(=O)O)c1cc(I)cc(I)c1O. The number of carboxylic acid groups (broad SMARTS) is 1. The van der Waals surface area contributed by atoms with E-state index in [1.165, 1.54) is 6.07 Å². The van der Waals surface area contributed by atoms with E-state index in [1.54, 1.807) is 28.7 Å². The number of phenolic OH excluding ortho intramolecular Hbond substituents is 1. The van der Waals surface area contributed by atoms with Crippen LogP contribution in [-0.4, -0.2) is 34.2 Å². The summed E-state index contributed by atoms with van der Waals surface area (Å²) >= 11 is 3.72. The third-order valence-corrected chi connectivity index (χ3v) is 5.40. The molecular formula is C15H14F2I2O5. The average Bonchev–Trinajstić information content (AvgIpc) is 3.01. The summed E-state index contributed by atoms with van der Waals surface area (Å²) in [5.41, 5.74) is -0.254. The molecule has 1 aliphatic rings. The van der Waals surface area contributed by atoms with Gasteiger partial charge in [-0.1, -0.05) is 12.8 Å². The monoisotopic (exact) mass is 566 g/mol. The van der Waals surface area contributed by atoms with Crippen LogP contribution in [0.5, 0.6) is 5.75 Å². The Labute approximate surface area is 164 Å². The van der Waals surface area contributed by atoms with Crippen LogP contribution in [0, 0.1) is 13.1 Å². The van der Waals surface area contributed by atoms with Gasteiger partial charge in [0.2, 0.25) is 0 Å². The van der Waals surface area contributed by atoms with Crippen LogP contribution in [0.25, 0.3) is 0 Å². The van der Waals surface area contributed by atoms with Gasteiger partial charge in [0, 0.05) is 9.49 Å². The van der Waals surface area contributed by atoms with Crippen molar-refractivity contribution >= 4 is 57.1 Å². The summed E-state index contributed by atoms with van der Waals surface area (Å²) in [6.45, 7) is 0. The number of halogens is 4. The highest BCUT2D eigenvalue weighted by molar-refractivity contribution is 14.1. The lowest BCUT2D eigenvalue weighted by Gasteiger charge is -2.28. The number of alkyl halides is 2. The molecule has 0 aliphatic heterocycles. The van der Waals surface area contributed by atoms with E-state index >= 15 is 0 Å². The number of esters is 1. The quantitative estimate of drug-likeness (QED) is 0.416. The molecule has 132 valence electrons. The molecule has 1 aliphatic carbocycles. The van der Waals surface area contributed by atoms with Gasteiger partial charge in [-0.2, -0.15) is 8.78 Å². The molecule has 1 aromatic carbocycles. The Morgan fingerprint density at radius 3 is 2.38 bits per heavy atom. The third kappa shape index (κ3) is 4.09. The van der Waals surface area contributed by atoms with E-state index in [4.69, 9.17) is 9.84 Å². The van der Waals surface area contributed by atoms with Crippen molar-refractivity contribution in [2.24, 2.45) is 5.92 Å². The van der Waals surface area contributed by atoms with E-state index in [-0.39, 0.29) is 11.3 Å². The minimum Gasteiger partial charge on any atom is -0.506 e. The molecule has 0 amide bonds. The lowest BCUT2D eigenvalue weighted by molar-refractivity contribution is -0.188. The number of hydrogen-bond acceptors (Lipinski definition) is 4. The maximum Gasteiger partial charge on any atom is 0.378 e. The number of hydrogen-bond donors (Lipinski definition) is 2. The van der Waals surface area contributed by atoms with Crippen LogP contribution >= 0.6 is 45.2 Å². The van der Waals surface area contributed by atoms with Gasteiger partial charge in [-0.25, -0.2) is 9.59 Å². The summed E-state index contributed by atoms with van der Waals surface area (Å²) in [6, 6.07) is 2.92. The molecule has 1 unspecified atom stereocenters. The first-order valence-corrected chi connectivity index (χ1v) is 9.30. The van der Waals surface area contributed by atoms with Gasteiger partial charge < -0.3 is 14.9 Å². The number of ether oxygens (including phenoxy) is 1. The highest BCUT2D eigenvalue weighted by atomic mass is 127. The minimum atomic E-state index is -4.19. The Bertz CT molecular complexity index is 660. The highest BCUT2D eigenvalue weighted by Gasteiger charge is 2.54. The molecule has 2 rings (SSSR count). The second-order valence-electron chi connectivity index (χ2n) is 5.58. The average molecular weight is 566 g/mol. The molecule has 0 aromatic heterocycles. The summed E-state index contributed by atoms with van der Waals surface area (Å²) in [5, 5.41) is 18.8. The molecule has 0 spiro atoms. The standard InChI is InChI=1S/C15H14F2I2O5/c16-15(17,14(22)23)12(7-3-1-2-4-7)24-13(21)9-5-8(18)6-10(19)11(9)20/h5-7,12,20H,1-4H2,(H,22,23). The number of carboxylic acids is 1. The maximum atomic E-state index is 14.1. The molecule has 24 heavy (non-hydrogen) atoms. The second-order valence-corrected chi connectivity index (χ2v) is 7.99. The van der Waals surface area contributed by atoms with E-state index in [0.717, 1.165) is 0 Å². The Balaban J connectivity index is 2.33. The van der Waals surface area contributed by atoms with Crippen LogP contribution < -0.4 is 0 Å². The zero-order valence-corrected chi connectivity index (χ0v) is 16.6. The van der Waals surface area contributed by atoms with E-state index in [2.05, 4.69) is 0 Å². The number of aliphatic carboxylic acids is 1. The van der Waals surface area contributed by atoms with Crippen LogP contribution in [0.4, 0.5) is 8.78 Å². The van der Waals surface area contributed by atoms with Crippen molar-refractivity contribution in [1.29, 1.82) is 0 Å². The molecular weight excluding hydrogens is 552 g/mol. The van der Waals surface area contributed by atoms with Crippen LogP contribution in [0.3, 0.4) is 0 Å². The lowest BCUT2D eigenvalue weighted by Crippen LogP contribution is -2.47. The Kier molecular flexibility index (Phi) is 6.26. The molecule has 0 radical (unpaired) electrons. The minimum absolute atomic E-state index is 0.254. The smallest absolute Gasteiger partial charge is 0.378 e. The van der Waals surface area contributed by atoms with Crippen LogP contribution in [0.15, 0.2) is 12.1 Å². The largest absolute Gasteiger partial charge is 0.506 e. The van der Waals surface area contributed by atoms with Crippen molar-refractivity contribution in [3.8, 4) is 5.75 Å². The van der Waals surface area contributed by atoms with Crippen molar-refractivity contribution < 1.29 is 33.3 Å². The fourth-order valence-electron chi connectivity index (χ4n) is 2.75. The van der Waals surface area contributed by atoms with Gasteiger partial charge in [0.25, 0.3) is 0 Å². The molecule has 2 N–H and O–H groups in total. The van der Waals surface area contributed by atoms with Gasteiger partial charge in [0.15, 0.2) is 6.10 Å². The van der Waals surface area contributed by atoms with Gasteiger partial charge in [0.1, 0.15) is 11.3 Å². The number of carbonyl (C=O) groups is 2. The van der Waals surface area contributed by atoms with Crippen molar-refractivity contribution in [1.82, 2.24) is 0 Å². The highest BCUT2D eigenvalue weighted by Crippen LogP contribution is 2.38. The number of rotatable bonds is 5. The molecule has 9 heteroatoms. The molecule has 1 aromatic rings. The Morgan fingerprint density at radius 2 is 1.83 bits per heavy atom. The summed E-state index contributed by atoms with van der Waals surface area (Å²) in [7, 11) is 0.